The lowest BCUT2D eigenvalue weighted by Crippen LogP contribution is -2.35. The summed E-state index contributed by atoms with van der Waals surface area (Å²) < 4.78 is 11.1. The van der Waals surface area contributed by atoms with Crippen molar-refractivity contribution in [1.82, 2.24) is 9.88 Å². The van der Waals surface area contributed by atoms with Crippen LogP contribution >= 0.6 is 11.6 Å². The average Bonchev–Trinajstić information content (AvgIpc) is 2.74. The van der Waals surface area contributed by atoms with E-state index in [1.165, 1.54) is 12.3 Å². The molecule has 1 aliphatic heterocycles. The third-order valence-corrected chi connectivity index (χ3v) is 5.37. The minimum Gasteiger partial charge on any atom is -0.437 e. The number of hydrogen-bond acceptors (Lipinski definition) is 5. The van der Waals surface area contributed by atoms with Crippen LogP contribution in [0.5, 0.6) is 11.6 Å². The lowest BCUT2D eigenvalue weighted by molar-refractivity contribution is 0.0724. The fourth-order valence-electron chi connectivity index (χ4n) is 3.57. The molecule has 0 saturated carbocycles. The van der Waals surface area contributed by atoms with Crippen LogP contribution in [-0.2, 0) is 6.42 Å². The summed E-state index contributed by atoms with van der Waals surface area (Å²) in [4.78, 5) is 30.4. The van der Waals surface area contributed by atoms with E-state index in [1.54, 1.807) is 18.2 Å². The number of hydrogen-bond donors (Lipinski definition) is 0. The van der Waals surface area contributed by atoms with Gasteiger partial charge in [0.25, 0.3) is 5.91 Å². The number of carbonyl (C=O) groups is 1. The number of aryl methyl sites for hydroxylation is 1. The number of benzene rings is 1. The predicted molar refractivity (Wildman–Crippen MR) is 111 cm³/mol. The van der Waals surface area contributed by atoms with Crippen LogP contribution in [0, 0.1) is 0 Å². The minimum atomic E-state index is -0.400. The van der Waals surface area contributed by atoms with E-state index in [9.17, 15) is 9.59 Å². The van der Waals surface area contributed by atoms with Gasteiger partial charge in [-0.2, -0.15) is 0 Å². The number of pyridine rings is 1. The molecule has 1 aromatic carbocycles. The molecule has 1 fully saturated rings. The molecule has 29 heavy (non-hydrogen) atoms. The summed E-state index contributed by atoms with van der Waals surface area (Å²) in [5, 5.41) is 1.11. The number of carbonyl (C=O) groups excluding carboxylic acids is 1. The molecule has 1 aliphatic rings. The highest BCUT2D eigenvalue weighted by molar-refractivity contribution is 6.32. The molecule has 1 amide bonds. The Balaban J connectivity index is 1.58. The lowest BCUT2D eigenvalue weighted by Gasteiger charge is -2.26. The molecule has 7 heteroatoms. The first-order chi connectivity index (χ1) is 14.0. The molecule has 0 radical (unpaired) electrons. The highest BCUT2D eigenvalue weighted by Crippen LogP contribution is 2.30. The van der Waals surface area contributed by atoms with Crippen molar-refractivity contribution in [3.05, 3.63) is 63.1 Å². The Morgan fingerprint density at radius 2 is 2.00 bits per heavy atom. The van der Waals surface area contributed by atoms with Gasteiger partial charge in [-0.05, 0) is 49.4 Å². The smallest absolute Gasteiger partial charge is 0.336 e. The second-order valence-electron chi connectivity index (χ2n) is 7.07. The molecule has 0 bridgehead atoms. The van der Waals surface area contributed by atoms with Crippen molar-refractivity contribution < 1.29 is 13.9 Å². The summed E-state index contributed by atoms with van der Waals surface area (Å²) in [7, 11) is 0. The molecule has 3 aromatic rings. The van der Waals surface area contributed by atoms with E-state index in [0.29, 0.717) is 16.9 Å². The molecule has 150 valence electrons. The fourth-order valence-corrected chi connectivity index (χ4v) is 3.78. The Morgan fingerprint density at radius 1 is 1.21 bits per heavy atom. The van der Waals surface area contributed by atoms with Crippen molar-refractivity contribution >= 4 is 28.5 Å². The summed E-state index contributed by atoms with van der Waals surface area (Å²) in [5.74, 6) is 0.568. The van der Waals surface area contributed by atoms with E-state index < -0.39 is 5.63 Å². The zero-order valence-electron chi connectivity index (χ0n) is 16.1. The summed E-state index contributed by atoms with van der Waals surface area (Å²) >= 11 is 6.32. The van der Waals surface area contributed by atoms with E-state index in [-0.39, 0.29) is 16.8 Å². The lowest BCUT2D eigenvalue weighted by atomic mass is 10.1. The molecular weight excluding hydrogens is 392 g/mol. The number of fused-ring (bicyclic) bond motifs is 1. The highest BCUT2D eigenvalue weighted by Gasteiger charge is 2.20. The molecule has 0 aliphatic carbocycles. The predicted octanol–water partition coefficient (Wildman–Crippen LogP) is 4.82. The first-order valence-electron chi connectivity index (χ1n) is 9.74. The topological polar surface area (TPSA) is 72.6 Å². The van der Waals surface area contributed by atoms with Crippen molar-refractivity contribution in [2.45, 2.75) is 32.6 Å². The van der Waals surface area contributed by atoms with Crippen LogP contribution in [0.25, 0.3) is 11.0 Å². The SMILES string of the molecule is CCc1cc(=O)oc2cc(Oc3ncc(C(=O)N4CCCCC4)cc3Cl)ccc12. The third kappa shape index (κ3) is 4.12. The Labute approximate surface area is 173 Å². The van der Waals surface area contributed by atoms with Crippen molar-refractivity contribution in [2.24, 2.45) is 0 Å². The summed E-state index contributed by atoms with van der Waals surface area (Å²) in [5.41, 5.74) is 1.41. The molecule has 0 spiro atoms. The van der Waals surface area contributed by atoms with E-state index in [0.717, 1.165) is 49.7 Å². The number of piperidine rings is 1. The van der Waals surface area contributed by atoms with Crippen LogP contribution in [0.3, 0.4) is 0 Å². The van der Waals surface area contributed by atoms with Crippen molar-refractivity contribution in [1.29, 1.82) is 0 Å². The number of aromatic nitrogens is 1. The van der Waals surface area contributed by atoms with Crippen molar-refractivity contribution in [3.63, 3.8) is 0 Å². The standard InChI is InChI=1S/C22H21ClN2O4/c1-2-14-11-20(26)29-19-12-16(6-7-17(14)19)28-21-18(23)10-15(13-24-21)22(27)25-8-4-3-5-9-25/h6-7,10-13H,2-5,8-9H2,1H3. The van der Waals surface area contributed by atoms with Gasteiger partial charge >= 0.3 is 5.63 Å². The summed E-state index contributed by atoms with van der Waals surface area (Å²) in [6.45, 7) is 3.50. The van der Waals surface area contributed by atoms with Gasteiger partial charge in [-0.15, -0.1) is 0 Å². The van der Waals surface area contributed by atoms with Gasteiger partial charge in [0.15, 0.2) is 0 Å². The van der Waals surface area contributed by atoms with Crippen molar-refractivity contribution in [2.75, 3.05) is 13.1 Å². The maximum Gasteiger partial charge on any atom is 0.336 e. The first kappa shape index (κ1) is 19.5. The molecule has 3 heterocycles. The van der Waals surface area contributed by atoms with Gasteiger partial charge in [-0.3, -0.25) is 4.79 Å². The fraction of sp³-hybridized carbons (Fsp3) is 0.318. The van der Waals surface area contributed by atoms with Gasteiger partial charge in [-0.25, -0.2) is 9.78 Å². The van der Waals surface area contributed by atoms with Crippen LogP contribution in [0.15, 0.2) is 45.7 Å². The number of ether oxygens (including phenoxy) is 1. The van der Waals surface area contributed by atoms with Gasteiger partial charge in [0.2, 0.25) is 5.88 Å². The largest absolute Gasteiger partial charge is 0.437 e. The molecule has 0 unspecified atom stereocenters. The van der Waals surface area contributed by atoms with E-state index in [2.05, 4.69) is 4.98 Å². The molecule has 1 saturated heterocycles. The summed E-state index contributed by atoms with van der Waals surface area (Å²) in [6, 6.07) is 8.33. The second kappa shape index (κ2) is 8.25. The van der Waals surface area contributed by atoms with Crippen LogP contribution < -0.4 is 10.4 Å². The number of rotatable bonds is 4. The van der Waals surface area contributed by atoms with Crippen molar-refractivity contribution in [3.8, 4) is 11.6 Å². The zero-order chi connectivity index (χ0) is 20.4. The average molecular weight is 413 g/mol. The Kier molecular flexibility index (Phi) is 5.53. The summed E-state index contributed by atoms with van der Waals surface area (Å²) in [6.07, 6.45) is 5.40. The molecule has 6 nitrogen and oxygen atoms in total. The molecule has 0 N–H and O–H groups in total. The normalized spacial score (nSPS) is 14.2. The molecular formula is C22H21ClN2O4. The van der Waals surface area contributed by atoms with E-state index in [1.807, 2.05) is 17.9 Å². The second-order valence-corrected chi connectivity index (χ2v) is 7.48. The maximum atomic E-state index is 12.6. The van der Waals surface area contributed by atoms with Gasteiger partial charge in [0.1, 0.15) is 16.4 Å². The Bertz CT molecular complexity index is 1120. The van der Waals surface area contributed by atoms with Crippen LogP contribution in [0.2, 0.25) is 5.02 Å². The minimum absolute atomic E-state index is 0.0646. The number of nitrogens with zero attached hydrogens (tertiary/aromatic N) is 2. The van der Waals surface area contributed by atoms with Crippen LogP contribution in [-0.4, -0.2) is 28.9 Å². The molecule has 2 aromatic heterocycles. The van der Waals surface area contributed by atoms with Gasteiger partial charge < -0.3 is 14.1 Å². The van der Waals surface area contributed by atoms with Gasteiger partial charge in [-0.1, -0.05) is 18.5 Å². The van der Waals surface area contributed by atoms with Crippen LogP contribution in [0.4, 0.5) is 0 Å². The monoisotopic (exact) mass is 412 g/mol. The number of likely N-dealkylation sites (tertiary alicyclic amines) is 1. The van der Waals surface area contributed by atoms with Gasteiger partial charge in [0, 0.05) is 36.8 Å². The van der Waals surface area contributed by atoms with E-state index in [4.69, 9.17) is 20.8 Å². The highest BCUT2D eigenvalue weighted by atomic mass is 35.5. The van der Waals surface area contributed by atoms with Crippen LogP contribution in [0.1, 0.15) is 42.1 Å². The Morgan fingerprint density at radius 3 is 2.72 bits per heavy atom. The first-order valence-corrected chi connectivity index (χ1v) is 10.1. The van der Waals surface area contributed by atoms with Gasteiger partial charge in [0.05, 0.1) is 5.56 Å². The third-order valence-electron chi connectivity index (χ3n) is 5.09. The Hall–Kier alpha value is -2.86. The van der Waals surface area contributed by atoms with E-state index >= 15 is 0 Å². The molecule has 4 rings (SSSR count). The molecule has 0 atom stereocenters. The quantitative estimate of drug-likeness (QED) is 0.574. The number of amides is 1. The zero-order valence-corrected chi connectivity index (χ0v) is 16.9. The number of halogens is 1. The maximum absolute atomic E-state index is 12.6.